The third-order valence-electron chi connectivity index (χ3n) is 2.02. The van der Waals surface area contributed by atoms with Gasteiger partial charge in [0.05, 0.1) is 11.3 Å². The predicted molar refractivity (Wildman–Crippen MR) is 60.8 cm³/mol. The van der Waals surface area contributed by atoms with Gasteiger partial charge in [0, 0.05) is 18.5 Å². The number of amides is 1. The second-order valence-corrected chi connectivity index (χ2v) is 6.12. The Kier molecular flexibility index (Phi) is 4.33. The van der Waals surface area contributed by atoms with Crippen LogP contribution in [-0.4, -0.2) is 37.4 Å². The number of pyridine rings is 1. The molecule has 0 bridgehead atoms. The van der Waals surface area contributed by atoms with Gasteiger partial charge in [0.15, 0.2) is 5.82 Å². The maximum atomic E-state index is 13.2. The molecule has 1 aromatic rings. The van der Waals surface area contributed by atoms with Crippen LogP contribution in [0.25, 0.3) is 0 Å². The first kappa shape index (κ1) is 14.5. The first-order valence-corrected chi connectivity index (χ1v) is 7.05. The van der Waals surface area contributed by atoms with Crippen LogP contribution in [0.15, 0.2) is 12.3 Å². The van der Waals surface area contributed by atoms with E-state index in [0.29, 0.717) is 0 Å². The van der Waals surface area contributed by atoms with Crippen molar-refractivity contribution in [3.8, 4) is 0 Å². The zero-order valence-electron chi connectivity index (χ0n) is 9.78. The Bertz CT molecular complexity index is 560. The van der Waals surface area contributed by atoms with Crippen molar-refractivity contribution in [3.05, 3.63) is 29.6 Å². The molecule has 0 aliphatic heterocycles. The molecule has 100 valence electrons. The molecule has 1 unspecified atom stereocenters. The zero-order chi connectivity index (χ0) is 13.9. The van der Waals surface area contributed by atoms with Crippen LogP contribution in [0.5, 0.6) is 0 Å². The molecule has 1 amide bonds. The molecule has 1 rings (SSSR count). The average Bonchev–Trinajstić information content (AvgIpc) is 2.18. The summed E-state index contributed by atoms with van der Waals surface area (Å²) in [5, 5.41) is 2.27. The maximum absolute atomic E-state index is 13.2. The van der Waals surface area contributed by atoms with E-state index in [4.69, 9.17) is 0 Å². The van der Waals surface area contributed by atoms with E-state index in [9.17, 15) is 22.0 Å². The van der Waals surface area contributed by atoms with E-state index in [1.165, 1.54) is 6.92 Å². The van der Waals surface area contributed by atoms with Gasteiger partial charge in [-0.1, -0.05) is 0 Å². The Balaban J connectivity index is 2.80. The fourth-order valence-corrected chi connectivity index (χ4v) is 2.38. The number of rotatable bonds is 4. The van der Waals surface area contributed by atoms with E-state index < -0.39 is 39.1 Å². The third kappa shape index (κ3) is 4.02. The van der Waals surface area contributed by atoms with Gasteiger partial charge >= 0.3 is 0 Å². The Hall–Kier alpha value is -1.57. The zero-order valence-corrected chi connectivity index (χ0v) is 10.6. The second-order valence-electron chi connectivity index (χ2n) is 3.93. The quantitative estimate of drug-likeness (QED) is 0.815. The van der Waals surface area contributed by atoms with Crippen molar-refractivity contribution in [1.29, 1.82) is 0 Å². The van der Waals surface area contributed by atoms with Crippen molar-refractivity contribution >= 4 is 15.7 Å². The highest BCUT2D eigenvalue weighted by Crippen LogP contribution is 2.09. The lowest BCUT2D eigenvalue weighted by Gasteiger charge is -2.12. The summed E-state index contributed by atoms with van der Waals surface area (Å²) >= 11 is 0. The van der Waals surface area contributed by atoms with Gasteiger partial charge in [-0.2, -0.15) is 4.39 Å². The number of sulfone groups is 1. The summed E-state index contributed by atoms with van der Waals surface area (Å²) in [6.07, 6.45) is 1.97. The first-order chi connectivity index (χ1) is 8.20. The summed E-state index contributed by atoms with van der Waals surface area (Å²) in [4.78, 5) is 14.6. The standard InChI is InChI=1S/C10H12F2N2O3S/c1-6(5-18(2,16)17)14-10(15)7-3-4-13-9(12)8(7)11/h3-4,6H,5H2,1-2H3,(H,14,15). The fraction of sp³-hybridized carbons (Fsp3) is 0.400. The molecule has 0 saturated carbocycles. The van der Waals surface area contributed by atoms with Crippen LogP contribution in [0.2, 0.25) is 0 Å². The third-order valence-corrected chi connectivity index (χ3v) is 3.13. The van der Waals surface area contributed by atoms with Gasteiger partial charge in [-0.15, -0.1) is 0 Å². The molecule has 1 atom stereocenters. The largest absolute Gasteiger partial charge is 0.348 e. The summed E-state index contributed by atoms with van der Waals surface area (Å²) in [7, 11) is -3.26. The Labute approximate surface area is 103 Å². The van der Waals surface area contributed by atoms with Crippen molar-refractivity contribution in [2.75, 3.05) is 12.0 Å². The van der Waals surface area contributed by atoms with Crippen molar-refractivity contribution in [2.45, 2.75) is 13.0 Å². The summed E-state index contributed by atoms with van der Waals surface area (Å²) in [5.74, 6) is -3.90. The van der Waals surface area contributed by atoms with Crippen LogP contribution in [0, 0.1) is 11.8 Å². The fourth-order valence-electron chi connectivity index (χ4n) is 1.39. The first-order valence-electron chi connectivity index (χ1n) is 4.99. The Morgan fingerprint density at radius 2 is 2.11 bits per heavy atom. The van der Waals surface area contributed by atoms with Crippen LogP contribution >= 0.6 is 0 Å². The molecule has 1 aromatic heterocycles. The SMILES string of the molecule is CC(CS(C)(=O)=O)NC(=O)c1ccnc(F)c1F. The lowest BCUT2D eigenvalue weighted by molar-refractivity contribution is 0.0938. The van der Waals surface area contributed by atoms with E-state index in [0.717, 1.165) is 18.5 Å². The lowest BCUT2D eigenvalue weighted by atomic mass is 10.2. The number of hydrogen-bond acceptors (Lipinski definition) is 4. The molecule has 0 aliphatic rings. The number of nitrogens with one attached hydrogen (secondary N) is 1. The number of hydrogen-bond donors (Lipinski definition) is 1. The Morgan fingerprint density at radius 3 is 2.67 bits per heavy atom. The van der Waals surface area contributed by atoms with Crippen molar-refractivity contribution in [3.63, 3.8) is 0 Å². The molecule has 0 spiro atoms. The van der Waals surface area contributed by atoms with Gasteiger partial charge in [-0.3, -0.25) is 4.79 Å². The number of nitrogens with zero attached hydrogens (tertiary/aromatic N) is 1. The smallest absolute Gasteiger partial charge is 0.254 e. The van der Waals surface area contributed by atoms with E-state index >= 15 is 0 Å². The van der Waals surface area contributed by atoms with Gasteiger partial charge in [0.25, 0.3) is 5.91 Å². The molecule has 0 fully saturated rings. The monoisotopic (exact) mass is 278 g/mol. The minimum atomic E-state index is -3.26. The highest BCUT2D eigenvalue weighted by Gasteiger charge is 2.19. The summed E-state index contributed by atoms with van der Waals surface area (Å²) in [6.45, 7) is 1.45. The molecule has 0 radical (unpaired) electrons. The average molecular weight is 278 g/mol. The predicted octanol–water partition coefficient (Wildman–Crippen LogP) is 0.523. The van der Waals surface area contributed by atoms with Gasteiger partial charge in [0.2, 0.25) is 5.95 Å². The highest BCUT2D eigenvalue weighted by atomic mass is 32.2. The van der Waals surface area contributed by atoms with E-state index in [2.05, 4.69) is 10.3 Å². The number of aromatic nitrogens is 1. The molecule has 1 N–H and O–H groups in total. The molecule has 8 heteroatoms. The Morgan fingerprint density at radius 1 is 1.50 bits per heavy atom. The summed E-state index contributed by atoms with van der Waals surface area (Å²) in [6, 6.07) is 0.309. The molecule has 1 heterocycles. The molecule has 18 heavy (non-hydrogen) atoms. The van der Waals surface area contributed by atoms with Crippen molar-refractivity contribution in [2.24, 2.45) is 0 Å². The van der Waals surface area contributed by atoms with E-state index in [1.807, 2.05) is 0 Å². The van der Waals surface area contributed by atoms with Crippen LogP contribution in [0.1, 0.15) is 17.3 Å². The molecule has 0 aromatic carbocycles. The van der Waals surface area contributed by atoms with E-state index in [-0.39, 0.29) is 5.75 Å². The molecule has 0 aliphatic carbocycles. The highest BCUT2D eigenvalue weighted by molar-refractivity contribution is 7.90. The summed E-state index contributed by atoms with van der Waals surface area (Å²) < 4.78 is 48.0. The van der Waals surface area contributed by atoms with E-state index in [1.54, 1.807) is 0 Å². The minimum Gasteiger partial charge on any atom is -0.348 e. The summed E-state index contributed by atoms with van der Waals surface area (Å²) in [5.41, 5.74) is -0.511. The number of carbonyl (C=O) groups excluding carboxylic acids is 1. The molecular formula is C10H12F2N2O3S. The topological polar surface area (TPSA) is 76.1 Å². The molecule has 5 nitrogen and oxygen atoms in total. The van der Waals surface area contributed by atoms with Gasteiger partial charge in [0.1, 0.15) is 9.84 Å². The molecule has 0 saturated heterocycles. The van der Waals surface area contributed by atoms with Crippen molar-refractivity contribution in [1.82, 2.24) is 10.3 Å². The minimum absolute atomic E-state index is 0.284. The van der Waals surface area contributed by atoms with Crippen molar-refractivity contribution < 1.29 is 22.0 Å². The maximum Gasteiger partial charge on any atom is 0.254 e. The van der Waals surface area contributed by atoms with Crippen LogP contribution < -0.4 is 5.32 Å². The second kappa shape index (κ2) is 5.38. The van der Waals surface area contributed by atoms with Gasteiger partial charge < -0.3 is 5.32 Å². The lowest BCUT2D eigenvalue weighted by Crippen LogP contribution is -2.37. The molecular weight excluding hydrogens is 266 g/mol. The normalized spacial score (nSPS) is 13.1. The van der Waals surface area contributed by atoms with Gasteiger partial charge in [-0.25, -0.2) is 17.8 Å². The van der Waals surface area contributed by atoms with Crippen LogP contribution in [0.3, 0.4) is 0 Å². The van der Waals surface area contributed by atoms with Gasteiger partial charge in [-0.05, 0) is 13.0 Å². The number of carbonyl (C=O) groups is 1. The van der Waals surface area contributed by atoms with Crippen LogP contribution in [0.4, 0.5) is 8.78 Å². The number of halogens is 2. The van der Waals surface area contributed by atoms with Crippen LogP contribution in [-0.2, 0) is 9.84 Å².